The average molecular weight is 374 g/mol. The molecule has 2 aromatic carbocycles. The Morgan fingerprint density at radius 1 is 1.00 bits per heavy atom. The van der Waals surface area contributed by atoms with Crippen LogP contribution in [0.3, 0.4) is 0 Å². The van der Waals surface area contributed by atoms with Gasteiger partial charge < -0.3 is 10.2 Å². The van der Waals surface area contributed by atoms with Gasteiger partial charge in [0.2, 0.25) is 5.91 Å². The van der Waals surface area contributed by atoms with E-state index >= 15 is 0 Å². The minimum absolute atomic E-state index is 0.301. The first-order valence-corrected chi connectivity index (χ1v) is 9.99. The molecular weight excluding hydrogens is 348 g/mol. The van der Waals surface area contributed by atoms with Crippen molar-refractivity contribution in [1.29, 1.82) is 0 Å². The quantitative estimate of drug-likeness (QED) is 0.613. The van der Waals surface area contributed by atoms with Crippen LogP contribution in [0.2, 0.25) is 0 Å². The Bertz CT molecular complexity index is 905. The van der Waals surface area contributed by atoms with E-state index < -0.39 is 0 Å². The van der Waals surface area contributed by atoms with E-state index in [2.05, 4.69) is 35.8 Å². The molecule has 28 heavy (non-hydrogen) atoms. The van der Waals surface area contributed by atoms with Gasteiger partial charge in [-0.25, -0.2) is 4.68 Å². The third-order valence-corrected chi connectivity index (χ3v) is 5.13. The largest absolute Gasteiger partial charge is 0.343 e. The molecule has 1 N–H and O–H groups in total. The second-order valence-corrected chi connectivity index (χ2v) is 7.16. The van der Waals surface area contributed by atoms with Gasteiger partial charge in [0.15, 0.2) is 0 Å². The summed E-state index contributed by atoms with van der Waals surface area (Å²) in [5, 5.41) is 8.37. The smallest absolute Gasteiger partial charge is 0.222 e. The summed E-state index contributed by atoms with van der Waals surface area (Å²) in [6.07, 6.45) is 4.80. The average Bonchev–Trinajstić information content (AvgIpc) is 3.35. The van der Waals surface area contributed by atoms with Crippen molar-refractivity contribution < 1.29 is 4.79 Å². The van der Waals surface area contributed by atoms with Gasteiger partial charge in [-0.3, -0.25) is 4.79 Å². The number of aromatic nitrogens is 2. The molecule has 0 unspecified atom stereocenters. The van der Waals surface area contributed by atoms with Gasteiger partial charge in [-0.15, -0.1) is 0 Å². The highest BCUT2D eigenvalue weighted by molar-refractivity contribution is 5.78. The van der Waals surface area contributed by atoms with Crippen LogP contribution in [0.15, 0.2) is 66.9 Å². The van der Waals surface area contributed by atoms with E-state index in [-0.39, 0.29) is 0 Å². The normalized spacial score (nSPS) is 14.0. The summed E-state index contributed by atoms with van der Waals surface area (Å²) in [5.41, 5.74) is 4.36. The first kappa shape index (κ1) is 18.4. The molecule has 0 atom stereocenters. The fourth-order valence-corrected chi connectivity index (χ4v) is 3.65. The molecule has 1 fully saturated rings. The number of carbonyl (C=O) groups is 1. The molecule has 1 aliphatic rings. The summed E-state index contributed by atoms with van der Waals surface area (Å²) in [6, 6.07) is 20.5. The zero-order valence-electron chi connectivity index (χ0n) is 16.1. The molecule has 1 saturated heterocycles. The van der Waals surface area contributed by atoms with Crippen LogP contribution in [0.25, 0.3) is 16.9 Å². The van der Waals surface area contributed by atoms with Gasteiger partial charge in [0.25, 0.3) is 0 Å². The first-order chi connectivity index (χ1) is 13.8. The van der Waals surface area contributed by atoms with E-state index in [1.807, 2.05) is 46.0 Å². The molecule has 4 rings (SSSR count). The molecule has 2 heterocycles. The van der Waals surface area contributed by atoms with Crippen LogP contribution < -0.4 is 5.32 Å². The first-order valence-electron chi connectivity index (χ1n) is 9.99. The Morgan fingerprint density at radius 3 is 2.46 bits per heavy atom. The zero-order valence-corrected chi connectivity index (χ0v) is 16.1. The van der Waals surface area contributed by atoms with Crippen molar-refractivity contribution in [2.75, 3.05) is 19.6 Å². The van der Waals surface area contributed by atoms with Gasteiger partial charge in [-0.05, 0) is 31.5 Å². The Hall–Kier alpha value is -2.92. The number of nitrogens with one attached hydrogen (secondary N) is 1. The summed E-state index contributed by atoms with van der Waals surface area (Å²) in [7, 11) is 0. The topological polar surface area (TPSA) is 50.2 Å². The summed E-state index contributed by atoms with van der Waals surface area (Å²) < 4.78 is 1.95. The van der Waals surface area contributed by atoms with Crippen molar-refractivity contribution in [3.05, 3.63) is 72.4 Å². The highest BCUT2D eigenvalue weighted by Gasteiger charge is 2.19. The predicted octanol–water partition coefficient (Wildman–Crippen LogP) is 3.64. The number of benzene rings is 2. The summed E-state index contributed by atoms with van der Waals surface area (Å²) >= 11 is 0. The fourth-order valence-electron chi connectivity index (χ4n) is 3.65. The molecule has 3 aromatic rings. The lowest BCUT2D eigenvalue weighted by Gasteiger charge is -2.15. The number of hydrogen-bond donors (Lipinski definition) is 1. The summed E-state index contributed by atoms with van der Waals surface area (Å²) in [6.45, 7) is 3.40. The Labute approximate surface area is 166 Å². The molecule has 0 radical (unpaired) electrons. The number of amides is 1. The molecule has 1 amide bonds. The maximum Gasteiger partial charge on any atom is 0.222 e. The van der Waals surface area contributed by atoms with Crippen molar-refractivity contribution in [2.45, 2.75) is 25.8 Å². The minimum atomic E-state index is 0.301. The van der Waals surface area contributed by atoms with Crippen molar-refractivity contribution in [3.8, 4) is 16.9 Å². The van der Waals surface area contributed by atoms with E-state index in [0.717, 1.165) is 56.0 Å². The molecular formula is C23H26N4O. The van der Waals surface area contributed by atoms with Gasteiger partial charge in [-0.1, -0.05) is 48.5 Å². The highest BCUT2D eigenvalue weighted by Crippen LogP contribution is 2.23. The highest BCUT2D eigenvalue weighted by atomic mass is 16.2. The van der Waals surface area contributed by atoms with Gasteiger partial charge in [0.1, 0.15) is 0 Å². The van der Waals surface area contributed by atoms with Gasteiger partial charge in [0.05, 0.1) is 11.4 Å². The zero-order chi connectivity index (χ0) is 19.2. The van der Waals surface area contributed by atoms with Crippen LogP contribution in [0.5, 0.6) is 0 Å². The number of carbonyl (C=O) groups excluding carboxylic acids is 1. The van der Waals surface area contributed by atoms with E-state index in [4.69, 9.17) is 5.10 Å². The van der Waals surface area contributed by atoms with Gasteiger partial charge in [-0.2, -0.15) is 5.10 Å². The van der Waals surface area contributed by atoms with Crippen LogP contribution in [-0.2, 0) is 11.3 Å². The standard InChI is InChI=1S/C23H26N4O/c28-22-13-7-15-26(22)16-8-14-24-17-20-18-27(21-11-5-2-6-12-21)25-23(20)19-9-3-1-4-10-19/h1-6,9-12,18,24H,7-8,13-17H2. The third kappa shape index (κ3) is 4.31. The van der Waals surface area contributed by atoms with Crippen LogP contribution in [0, 0.1) is 0 Å². The maximum absolute atomic E-state index is 11.7. The monoisotopic (exact) mass is 374 g/mol. The van der Waals surface area contributed by atoms with Crippen molar-refractivity contribution in [1.82, 2.24) is 20.0 Å². The number of para-hydroxylation sites is 1. The molecule has 0 saturated carbocycles. The van der Waals surface area contributed by atoms with Crippen LogP contribution in [0.1, 0.15) is 24.8 Å². The predicted molar refractivity (Wildman–Crippen MR) is 111 cm³/mol. The van der Waals surface area contributed by atoms with Gasteiger partial charge >= 0.3 is 0 Å². The molecule has 0 spiro atoms. The van der Waals surface area contributed by atoms with Crippen LogP contribution in [0.4, 0.5) is 0 Å². The maximum atomic E-state index is 11.7. The Morgan fingerprint density at radius 2 is 1.75 bits per heavy atom. The van der Waals surface area contributed by atoms with Crippen LogP contribution in [-0.4, -0.2) is 40.2 Å². The molecule has 1 aromatic heterocycles. The number of rotatable bonds is 8. The Kier molecular flexibility index (Phi) is 5.83. The van der Waals surface area contributed by atoms with Crippen molar-refractivity contribution >= 4 is 5.91 Å². The van der Waals surface area contributed by atoms with E-state index in [1.165, 1.54) is 5.56 Å². The van der Waals surface area contributed by atoms with E-state index in [1.54, 1.807) is 0 Å². The summed E-state index contributed by atoms with van der Waals surface area (Å²) in [5.74, 6) is 0.301. The molecule has 144 valence electrons. The number of likely N-dealkylation sites (tertiary alicyclic amines) is 1. The second kappa shape index (κ2) is 8.85. The molecule has 0 aliphatic carbocycles. The van der Waals surface area contributed by atoms with E-state index in [0.29, 0.717) is 12.3 Å². The number of hydrogen-bond acceptors (Lipinski definition) is 3. The van der Waals surface area contributed by atoms with Crippen molar-refractivity contribution in [2.24, 2.45) is 0 Å². The lowest BCUT2D eigenvalue weighted by atomic mass is 10.1. The molecule has 5 nitrogen and oxygen atoms in total. The number of nitrogens with zero attached hydrogens (tertiary/aromatic N) is 3. The van der Waals surface area contributed by atoms with Gasteiger partial charge in [0, 0.05) is 43.4 Å². The SMILES string of the molecule is O=C1CCCN1CCCNCc1cn(-c2ccccc2)nc1-c1ccccc1. The minimum Gasteiger partial charge on any atom is -0.343 e. The Balaban J connectivity index is 1.43. The fraction of sp³-hybridized carbons (Fsp3) is 0.304. The molecule has 5 heteroatoms. The van der Waals surface area contributed by atoms with Crippen molar-refractivity contribution in [3.63, 3.8) is 0 Å². The summed E-state index contributed by atoms with van der Waals surface area (Å²) in [4.78, 5) is 13.7. The lowest BCUT2D eigenvalue weighted by molar-refractivity contribution is -0.127. The van der Waals surface area contributed by atoms with Crippen LogP contribution >= 0.6 is 0 Å². The molecule has 0 bridgehead atoms. The third-order valence-electron chi connectivity index (χ3n) is 5.13. The second-order valence-electron chi connectivity index (χ2n) is 7.16. The molecule has 1 aliphatic heterocycles. The lowest BCUT2D eigenvalue weighted by Crippen LogP contribution is -2.28. The van der Waals surface area contributed by atoms with E-state index in [9.17, 15) is 4.79 Å².